The normalized spacial score (nSPS) is 16.7. The molecule has 2 saturated heterocycles. The van der Waals surface area contributed by atoms with Crippen molar-refractivity contribution in [3.05, 3.63) is 89.0 Å². The number of benzene rings is 2. The summed E-state index contributed by atoms with van der Waals surface area (Å²) in [6.45, 7) is 4.35. The molecule has 2 fully saturated rings. The number of hydrogen-bond acceptors (Lipinski definition) is 6. The molecule has 0 bridgehead atoms. The van der Waals surface area contributed by atoms with Crippen LogP contribution in [0.15, 0.2) is 78.3 Å². The van der Waals surface area contributed by atoms with Gasteiger partial charge in [-0.15, -0.1) is 11.3 Å². The fraction of sp³-hybridized carbons (Fsp3) is 0.259. The highest BCUT2D eigenvalue weighted by molar-refractivity contribution is 7.11. The molecular formula is C27H26N6O2S. The first-order chi connectivity index (χ1) is 17.7. The van der Waals surface area contributed by atoms with Crippen LogP contribution in [-0.4, -0.2) is 86.6 Å². The number of thiazole rings is 1. The van der Waals surface area contributed by atoms with Gasteiger partial charge in [0, 0.05) is 62.5 Å². The molecule has 36 heavy (non-hydrogen) atoms. The lowest BCUT2D eigenvalue weighted by Gasteiger charge is -2.47. The van der Waals surface area contributed by atoms with Crippen molar-refractivity contribution in [1.82, 2.24) is 29.5 Å². The van der Waals surface area contributed by atoms with E-state index in [1.54, 1.807) is 6.20 Å². The van der Waals surface area contributed by atoms with E-state index in [2.05, 4.69) is 9.88 Å². The Hall–Kier alpha value is -3.82. The Bertz CT molecular complexity index is 1280. The van der Waals surface area contributed by atoms with Gasteiger partial charge < -0.3 is 9.80 Å². The Balaban J connectivity index is 1.11. The summed E-state index contributed by atoms with van der Waals surface area (Å²) in [5.41, 5.74) is 3.28. The van der Waals surface area contributed by atoms with Crippen molar-refractivity contribution in [2.24, 2.45) is 0 Å². The van der Waals surface area contributed by atoms with Crippen LogP contribution >= 0.6 is 11.3 Å². The van der Waals surface area contributed by atoms with E-state index in [0.717, 1.165) is 30.0 Å². The molecule has 2 aliphatic heterocycles. The summed E-state index contributed by atoms with van der Waals surface area (Å²) in [5.74, 6) is -0.0333. The van der Waals surface area contributed by atoms with Crippen molar-refractivity contribution in [2.75, 3.05) is 39.3 Å². The van der Waals surface area contributed by atoms with Crippen LogP contribution < -0.4 is 0 Å². The minimum Gasteiger partial charge on any atom is -0.334 e. The lowest BCUT2D eigenvalue weighted by Crippen LogP contribution is -2.64. The van der Waals surface area contributed by atoms with Crippen molar-refractivity contribution in [3.8, 4) is 16.9 Å². The number of nitrogens with zero attached hydrogens (tertiary/aromatic N) is 6. The summed E-state index contributed by atoms with van der Waals surface area (Å²) < 4.78 is 1.85. The molecule has 2 aliphatic rings. The van der Waals surface area contributed by atoms with Crippen LogP contribution in [0.3, 0.4) is 0 Å². The molecule has 9 heteroatoms. The first kappa shape index (κ1) is 22.6. The second-order valence-electron chi connectivity index (χ2n) is 9.06. The minimum atomic E-state index is -0.0457. The molecule has 4 heterocycles. The molecule has 4 aromatic rings. The van der Waals surface area contributed by atoms with Crippen LogP contribution in [0.5, 0.6) is 0 Å². The van der Waals surface area contributed by atoms with E-state index in [1.807, 2.05) is 86.6 Å². The summed E-state index contributed by atoms with van der Waals surface area (Å²) in [5, 5.41) is 7.09. The van der Waals surface area contributed by atoms with Gasteiger partial charge in [0.25, 0.3) is 11.8 Å². The maximum Gasteiger partial charge on any atom is 0.282 e. The van der Waals surface area contributed by atoms with Gasteiger partial charge in [0.1, 0.15) is 0 Å². The van der Waals surface area contributed by atoms with E-state index < -0.39 is 0 Å². The van der Waals surface area contributed by atoms with Gasteiger partial charge in [0.15, 0.2) is 10.7 Å². The first-order valence-corrected chi connectivity index (χ1v) is 13.0. The third-order valence-corrected chi connectivity index (χ3v) is 7.64. The number of likely N-dealkylation sites (tertiary alicyclic amines) is 1. The third-order valence-electron chi connectivity index (χ3n) is 6.88. The largest absolute Gasteiger partial charge is 0.334 e. The standard InChI is InChI=1S/C27H26N6O2S/c34-26(23-17-24(20-7-3-1-4-8-20)33(29-23)21-9-5-2-6-10-21)32-18-22(19-32)30-12-14-31(15-13-30)27(35)25-28-11-16-36-25/h1-11,16-17,22H,12-15,18-19H2. The van der Waals surface area contributed by atoms with Crippen molar-refractivity contribution in [2.45, 2.75) is 6.04 Å². The second-order valence-corrected chi connectivity index (χ2v) is 9.95. The molecule has 0 N–H and O–H groups in total. The van der Waals surface area contributed by atoms with Gasteiger partial charge in [0.2, 0.25) is 0 Å². The zero-order chi connectivity index (χ0) is 24.5. The van der Waals surface area contributed by atoms with E-state index in [0.29, 0.717) is 42.9 Å². The third kappa shape index (κ3) is 4.31. The van der Waals surface area contributed by atoms with Gasteiger partial charge in [-0.05, 0) is 18.2 Å². The van der Waals surface area contributed by atoms with E-state index >= 15 is 0 Å². The highest BCUT2D eigenvalue weighted by atomic mass is 32.1. The van der Waals surface area contributed by atoms with Crippen molar-refractivity contribution in [1.29, 1.82) is 0 Å². The van der Waals surface area contributed by atoms with E-state index in [4.69, 9.17) is 5.10 Å². The van der Waals surface area contributed by atoms with Gasteiger partial charge in [-0.3, -0.25) is 14.5 Å². The lowest BCUT2D eigenvalue weighted by atomic mass is 10.0. The number of rotatable bonds is 5. The van der Waals surface area contributed by atoms with Crippen LogP contribution in [0.1, 0.15) is 20.3 Å². The molecule has 2 aromatic heterocycles. The average Bonchev–Trinajstić information content (AvgIpc) is 3.60. The number of carbonyl (C=O) groups is 2. The molecule has 2 aromatic carbocycles. The molecule has 0 atom stereocenters. The molecular weight excluding hydrogens is 472 g/mol. The number of piperazine rings is 1. The maximum absolute atomic E-state index is 13.3. The van der Waals surface area contributed by atoms with Crippen molar-refractivity contribution < 1.29 is 9.59 Å². The average molecular weight is 499 g/mol. The van der Waals surface area contributed by atoms with Gasteiger partial charge in [0.05, 0.1) is 11.4 Å². The van der Waals surface area contributed by atoms with Crippen LogP contribution in [0.4, 0.5) is 0 Å². The Labute approximate surface area is 213 Å². The van der Waals surface area contributed by atoms with E-state index in [1.165, 1.54) is 11.3 Å². The minimum absolute atomic E-state index is 0.0123. The van der Waals surface area contributed by atoms with E-state index in [-0.39, 0.29) is 11.8 Å². The van der Waals surface area contributed by atoms with E-state index in [9.17, 15) is 9.59 Å². The summed E-state index contributed by atoms with van der Waals surface area (Å²) in [4.78, 5) is 36.1. The van der Waals surface area contributed by atoms with Crippen LogP contribution in [0.25, 0.3) is 16.9 Å². The SMILES string of the molecule is O=C(c1cc(-c2ccccc2)n(-c2ccccc2)n1)N1CC(N2CCN(C(=O)c3nccs3)CC2)C1. The van der Waals surface area contributed by atoms with Gasteiger partial charge >= 0.3 is 0 Å². The van der Waals surface area contributed by atoms with Crippen LogP contribution in [-0.2, 0) is 0 Å². The van der Waals surface area contributed by atoms with Gasteiger partial charge in [-0.2, -0.15) is 5.10 Å². The monoisotopic (exact) mass is 498 g/mol. The Kier molecular flexibility index (Phi) is 6.08. The maximum atomic E-state index is 13.3. The molecule has 6 rings (SSSR count). The molecule has 2 amide bonds. The Morgan fingerprint density at radius 3 is 2.19 bits per heavy atom. The summed E-state index contributed by atoms with van der Waals surface area (Å²) in [6, 6.07) is 22.1. The molecule has 182 valence electrons. The quantitative estimate of drug-likeness (QED) is 0.422. The summed E-state index contributed by atoms with van der Waals surface area (Å²) >= 11 is 1.38. The predicted molar refractivity (Wildman–Crippen MR) is 138 cm³/mol. The van der Waals surface area contributed by atoms with Crippen LogP contribution in [0, 0.1) is 0 Å². The first-order valence-electron chi connectivity index (χ1n) is 12.1. The number of hydrogen-bond donors (Lipinski definition) is 0. The Morgan fingerprint density at radius 2 is 1.53 bits per heavy atom. The zero-order valence-corrected chi connectivity index (χ0v) is 20.6. The predicted octanol–water partition coefficient (Wildman–Crippen LogP) is 3.28. The molecule has 0 radical (unpaired) electrons. The summed E-state index contributed by atoms with van der Waals surface area (Å²) in [7, 11) is 0. The molecule has 0 spiro atoms. The molecule has 0 unspecified atom stereocenters. The molecule has 0 aliphatic carbocycles. The smallest absolute Gasteiger partial charge is 0.282 e. The number of amides is 2. The fourth-order valence-corrected chi connectivity index (χ4v) is 5.44. The fourth-order valence-electron chi connectivity index (χ4n) is 4.83. The molecule has 0 saturated carbocycles. The zero-order valence-electron chi connectivity index (χ0n) is 19.7. The number of aromatic nitrogens is 3. The highest BCUT2D eigenvalue weighted by Gasteiger charge is 2.38. The van der Waals surface area contributed by atoms with Crippen molar-refractivity contribution >= 4 is 23.2 Å². The van der Waals surface area contributed by atoms with Gasteiger partial charge in [-0.1, -0.05) is 48.5 Å². The van der Waals surface area contributed by atoms with Gasteiger partial charge in [-0.25, -0.2) is 9.67 Å². The number of para-hydroxylation sites is 1. The lowest BCUT2D eigenvalue weighted by molar-refractivity contribution is 0.00820. The number of carbonyl (C=O) groups excluding carboxylic acids is 2. The second kappa shape index (κ2) is 9.67. The van der Waals surface area contributed by atoms with Crippen LogP contribution in [0.2, 0.25) is 0 Å². The van der Waals surface area contributed by atoms with Crippen molar-refractivity contribution in [3.63, 3.8) is 0 Å². The molecule has 8 nitrogen and oxygen atoms in total. The highest BCUT2D eigenvalue weighted by Crippen LogP contribution is 2.26. The Morgan fingerprint density at radius 1 is 0.833 bits per heavy atom. The summed E-state index contributed by atoms with van der Waals surface area (Å²) in [6.07, 6.45) is 1.67. The topological polar surface area (TPSA) is 74.6 Å².